The van der Waals surface area contributed by atoms with Crippen LogP contribution in [0.4, 0.5) is 11.8 Å². The molecule has 4 heterocycles. The minimum atomic E-state index is -0.219. The average Bonchev–Trinajstić information content (AvgIpc) is 3.24. The molecule has 1 aliphatic heterocycles. The summed E-state index contributed by atoms with van der Waals surface area (Å²) in [6, 6.07) is 6.31. The zero-order valence-corrected chi connectivity index (χ0v) is 20.3. The van der Waals surface area contributed by atoms with Crippen molar-refractivity contribution in [1.82, 2.24) is 24.9 Å². The average molecular weight is 480 g/mol. The van der Waals surface area contributed by atoms with Crippen molar-refractivity contribution < 1.29 is 14.6 Å². The van der Waals surface area contributed by atoms with E-state index in [1.807, 2.05) is 34.7 Å². The molecule has 0 unspecified atom stereocenters. The molecule has 0 aromatic carbocycles. The van der Waals surface area contributed by atoms with Crippen LogP contribution in [0.25, 0.3) is 16.6 Å². The molecular weight excluding hydrogens is 446 g/mol. The van der Waals surface area contributed by atoms with Gasteiger partial charge in [0.15, 0.2) is 0 Å². The van der Waals surface area contributed by atoms with Gasteiger partial charge in [0.1, 0.15) is 5.82 Å². The van der Waals surface area contributed by atoms with E-state index in [0.717, 1.165) is 60.4 Å². The Morgan fingerprint density at radius 2 is 2.09 bits per heavy atom. The number of amides is 1. The first kappa shape index (κ1) is 23.5. The van der Waals surface area contributed by atoms with Crippen LogP contribution >= 0.6 is 0 Å². The Kier molecular flexibility index (Phi) is 6.83. The number of hydrogen-bond acceptors (Lipinski definition) is 8. The van der Waals surface area contributed by atoms with Gasteiger partial charge in [-0.3, -0.25) is 4.79 Å². The first-order valence-electron chi connectivity index (χ1n) is 12.3. The third-order valence-electron chi connectivity index (χ3n) is 6.87. The van der Waals surface area contributed by atoms with Gasteiger partial charge in [0.25, 0.3) is 0 Å². The van der Waals surface area contributed by atoms with E-state index in [1.54, 1.807) is 13.3 Å². The molecule has 1 atom stereocenters. The summed E-state index contributed by atoms with van der Waals surface area (Å²) >= 11 is 0. The molecule has 10 heteroatoms. The van der Waals surface area contributed by atoms with Crippen molar-refractivity contribution in [3.63, 3.8) is 0 Å². The number of aliphatic hydroxyl groups is 1. The maximum atomic E-state index is 11.9. The summed E-state index contributed by atoms with van der Waals surface area (Å²) in [4.78, 5) is 23.0. The minimum absolute atomic E-state index is 0.00988. The zero-order valence-electron chi connectivity index (χ0n) is 20.3. The van der Waals surface area contributed by atoms with Gasteiger partial charge in [0.2, 0.25) is 11.9 Å². The Bertz CT molecular complexity index is 1190. The monoisotopic (exact) mass is 479 g/mol. The molecule has 1 amide bonds. The van der Waals surface area contributed by atoms with Crippen LogP contribution in [0.1, 0.15) is 44.2 Å². The molecule has 35 heavy (non-hydrogen) atoms. The van der Waals surface area contributed by atoms with Crippen molar-refractivity contribution in [1.29, 1.82) is 0 Å². The lowest BCUT2D eigenvalue weighted by atomic mass is 9.85. The summed E-state index contributed by atoms with van der Waals surface area (Å²) < 4.78 is 7.24. The van der Waals surface area contributed by atoms with E-state index >= 15 is 0 Å². The Morgan fingerprint density at radius 1 is 1.26 bits per heavy atom. The molecule has 1 aliphatic carbocycles. The lowest BCUT2D eigenvalue weighted by molar-refractivity contribution is -0.120. The molecule has 1 saturated carbocycles. The number of hydrogen-bond donors (Lipinski definition) is 3. The number of nitrogens with zero attached hydrogens (tertiary/aromatic N) is 5. The predicted octanol–water partition coefficient (Wildman–Crippen LogP) is 2.19. The summed E-state index contributed by atoms with van der Waals surface area (Å²) in [6.45, 7) is 4.23. The van der Waals surface area contributed by atoms with E-state index in [4.69, 9.17) is 9.84 Å². The van der Waals surface area contributed by atoms with Crippen molar-refractivity contribution in [3.8, 4) is 11.1 Å². The molecular formula is C25H33N7O3. The maximum absolute atomic E-state index is 11.9. The molecule has 0 radical (unpaired) electrons. The third-order valence-corrected chi connectivity index (χ3v) is 6.87. The van der Waals surface area contributed by atoms with Crippen LogP contribution < -0.4 is 15.5 Å². The number of aromatic nitrogens is 4. The number of carbonyl (C=O) groups is 1. The number of carbonyl (C=O) groups excluding carboxylic acids is 1. The summed E-state index contributed by atoms with van der Waals surface area (Å²) in [6.07, 6.45) is 6.87. The first-order valence-corrected chi connectivity index (χ1v) is 12.3. The number of fused-ring (bicyclic) bond motifs is 1. The van der Waals surface area contributed by atoms with E-state index in [9.17, 15) is 9.90 Å². The Hall–Kier alpha value is -3.24. The number of rotatable bonds is 7. The molecule has 3 aromatic heterocycles. The molecule has 3 aromatic rings. The molecule has 0 spiro atoms. The van der Waals surface area contributed by atoms with E-state index in [1.165, 1.54) is 0 Å². The number of piperazine rings is 1. The molecule has 5 rings (SSSR count). The number of methoxy groups -OCH3 is 1. The second-order valence-electron chi connectivity index (χ2n) is 9.54. The van der Waals surface area contributed by atoms with E-state index < -0.39 is 0 Å². The summed E-state index contributed by atoms with van der Waals surface area (Å²) in [5.74, 6) is 1.66. The lowest BCUT2D eigenvalue weighted by Gasteiger charge is -2.27. The highest BCUT2D eigenvalue weighted by atomic mass is 16.5. The molecule has 186 valence electrons. The highest BCUT2D eigenvalue weighted by Crippen LogP contribution is 2.38. The number of anilines is 2. The van der Waals surface area contributed by atoms with Crippen molar-refractivity contribution in [2.24, 2.45) is 0 Å². The summed E-state index contributed by atoms with van der Waals surface area (Å²) in [5.41, 5.74) is 4.09. The van der Waals surface area contributed by atoms with E-state index in [0.29, 0.717) is 31.6 Å². The van der Waals surface area contributed by atoms with E-state index in [-0.39, 0.29) is 18.1 Å². The second kappa shape index (κ2) is 10.2. The van der Waals surface area contributed by atoms with Crippen LogP contribution in [-0.4, -0.2) is 76.1 Å². The largest absolute Gasteiger partial charge is 0.393 e. The molecule has 1 saturated heterocycles. The first-order chi connectivity index (χ1) is 17.0. The SMILES string of the molecule is COC[C@H](C)Nc1ncc2c(-c3ccnc(N4CCNC(=O)C4)c3)cc(C3CCC(O)CC3)n2n1. The summed E-state index contributed by atoms with van der Waals surface area (Å²) in [5, 5.41) is 21.1. The van der Waals surface area contributed by atoms with Gasteiger partial charge in [-0.15, -0.1) is 5.10 Å². The van der Waals surface area contributed by atoms with Crippen LogP contribution in [0, 0.1) is 0 Å². The number of pyridine rings is 1. The molecule has 2 aliphatic rings. The zero-order chi connectivity index (χ0) is 24.4. The van der Waals surface area contributed by atoms with Gasteiger partial charge in [-0.1, -0.05) is 0 Å². The van der Waals surface area contributed by atoms with Crippen LogP contribution in [0.15, 0.2) is 30.6 Å². The summed E-state index contributed by atoms with van der Waals surface area (Å²) in [7, 11) is 1.68. The fraction of sp³-hybridized carbons (Fsp3) is 0.520. The fourth-order valence-corrected chi connectivity index (χ4v) is 5.08. The van der Waals surface area contributed by atoms with Gasteiger partial charge in [0, 0.05) is 49.6 Å². The maximum Gasteiger partial charge on any atom is 0.241 e. The van der Waals surface area contributed by atoms with Gasteiger partial charge in [0.05, 0.1) is 31.0 Å². The quantitative estimate of drug-likeness (QED) is 0.472. The van der Waals surface area contributed by atoms with Crippen LogP contribution in [0.3, 0.4) is 0 Å². The van der Waals surface area contributed by atoms with Gasteiger partial charge < -0.3 is 25.4 Å². The van der Waals surface area contributed by atoms with Crippen LogP contribution in [0.5, 0.6) is 0 Å². The minimum Gasteiger partial charge on any atom is -0.393 e. The Morgan fingerprint density at radius 3 is 2.86 bits per heavy atom. The van der Waals surface area contributed by atoms with Gasteiger partial charge in [-0.05, 0) is 56.4 Å². The topological polar surface area (TPSA) is 117 Å². The molecule has 10 nitrogen and oxygen atoms in total. The number of nitrogens with one attached hydrogen (secondary N) is 2. The van der Waals surface area contributed by atoms with Gasteiger partial charge >= 0.3 is 0 Å². The smallest absolute Gasteiger partial charge is 0.241 e. The normalized spacial score (nSPS) is 21.7. The third kappa shape index (κ3) is 5.08. The van der Waals surface area contributed by atoms with E-state index in [2.05, 4.69) is 26.7 Å². The fourth-order valence-electron chi connectivity index (χ4n) is 5.08. The van der Waals surface area contributed by atoms with Crippen molar-refractivity contribution >= 4 is 23.2 Å². The predicted molar refractivity (Wildman–Crippen MR) is 134 cm³/mol. The lowest BCUT2D eigenvalue weighted by Crippen LogP contribution is -2.48. The number of ether oxygens (including phenoxy) is 1. The van der Waals surface area contributed by atoms with Crippen LogP contribution in [0.2, 0.25) is 0 Å². The van der Waals surface area contributed by atoms with Crippen LogP contribution in [-0.2, 0) is 9.53 Å². The van der Waals surface area contributed by atoms with Gasteiger partial charge in [-0.25, -0.2) is 14.5 Å². The molecule has 2 fully saturated rings. The highest BCUT2D eigenvalue weighted by Gasteiger charge is 2.26. The van der Waals surface area contributed by atoms with Crippen molar-refractivity contribution in [2.45, 2.75) is 50.7 Å². The number of aliphatic hydroxyl groups excluding tert-OH is 1. The Balaban J connectivity index is 1.54. The Labute approximate surface area is 204 Å². The standard InChI is InChI=1S/C25H33N7O3/c1-16(15-35-2)29-25-28-13-22-20(12-21(32(22)30-25)17-3-5-19(33)6-4-17)18-7-8-26-23(11-18)31-10-9-27-24(34)14-31/h7-8,11-13,16-17,19,33H,3-6,9-10,14-15H2,1-2H3,(H,27,34)(H,29,30)/t16-,17?,19?/m0/s1. The second-order valence-corrected chi connectivity index (χ2v) is 9.54. The molecule has 3 N–H and O–H groups in total. The highest BCUT2D eigenvalue weighted by molar-refractivity contribution is 5.85. The van der Waals surface area contributed by atoms with Gasteiger partial charge in [-0.2, -0.15) is 0 Å². The molecule has 0 bridgehead atoms. The van der Waals surface area contributed by atoms with Crippen molar-refractivity contribution in [2.75, 3.05) is 43.6 Å². The van der Waals surface area contributed by atoms with Crippen molar-refractivity contribution in [3.05, 3.63) is 36.3 Å².